The van der Waals surface area contributed by atoms with Gasteiger partial charge in [-0.1, -0.05) is 41.3 Å². The van der Waals surface area contributed by atoms with Gasteiger partial charge in [0.15, 0.2) is 0 Å². The molecule has 2 rings (SSSR count). The van der Waals surface area contributed by atoms with Crippen LogP contribution in [0.5, 0.6) is 0 Å². The molecule has 1 aliphatic rings. The Bertz CT molecular complexity index is 430. The maximum Gasteiger partial charge on any atom is 0.251 e. The predicted octanol–water partition coefficient (Wildman–Crippen LogP) is 4.12. The molecule has 1 aromatic rings. The van der Waals surface area contributed by atoms with E-state index in [-0.39, 0.29) is 11.4 Å². The number of benzene rings is 1. The third kappa shape index (κ3) is 3.27. The second kappa shape index (κ2) is 6.07. The zero-order chi connectivity index (χ0) is 13.0. The molecule has 0 atom stereocenters. The van der Waals surface area contributed by atoms with E-state index in [4.69, 9.17) is 11.6 Å². The lowest BCUT2D eigenvalue weighted by atomic mass is 9.83. The molecular weight excluding hydrogens is 314 g/mol. The van der Waals surface area contributed by atoms with Gasteiger partial charge in [-0.25, -0.2) is 0 Å². The minimum Gasteiger partial charge on any atom is -0.345 e. The predicted molar refractivity (Wildman–Crippen MR) is 78.1 cm³/mol. The van der Waals surface area contributed by atoms with Crippen LogP contribution in [0.2, 0.25) is 0 Å². The summed E-state index contributed by atoms with van der Waals surface area (Å²) >= 11 is 9.46. The van der Waals surface area contributed by atoms with E-state index in [1.54, 1.807) is 0 Å². The molecule has 98 valence electrons. The van der Waals surface area contributed by atoms with E-state index in [1.165, 1.54) is 6.42 Å². The van der Waals surface area contributed by atoms with Crippen LogP contribution < -0.4 is 5.32 Å². The molecule has 0 unspecified atom stereocenters. The summed E-state index contributed by atoms with van der Waals surface area (Å²) in [5.74, 6) is 0.464. The highest BCUT2D eigenvalue weighted by molar-refractivity contribution is 9.10. The molecule has 1 saturated carbocycles. The molecule has 0 bridgehead atoms. The molecule has 4 heteroatoms. The topological polar surface area (TPSA) is 29.1 Å². The molecule has 1 amide bonds. The largest absolute Gasteiger partial charge is 0.345 e. The van der Waals surface area contributed by atoms with Crippen molar-refractivity contribution in [1.82, 2.24) is 5.32 Å². The maximum atomic E-state index is 12.2. The van der Waals surface area contributed by atoms with Gasteiger partial charge in [-0.15, -0.1) is 11.6 Å². The van der Waals surface area contributed by atoms with Crippen LogP contribution in [0.3, 0.4) is 0 Å². The molecule has 1 fully saturated rings. The van der Waals surface area contributed by atoms with Crippen molar-refractivity contribution >= 4 is 33.4 Å². The van der Waals surface area contributed by atoms with Gasteiger partial charge in [-0.2, -0.15) is 0 Å². The molecule has 18 heavy (non-hydrogen) atoms. The summed E-state index contributed by atoms with van der Waals surface area (Å²) in [6, 6.07) is 7.44. The molecule has 0 radical (unpaired) electrons. The van der Waals surface area contributed by atoms with Crippen LogP contribution in [-0.4, -0.2) is 17.3 Å². The highest BCUT2D eigenvalue weighted by Gasteiger charge is 2.32. The Morgan fingerprint density at radius 2 is 2.06 bits per heavy atom. The number of rotatable bonds is 3. The van der Waals surface area contributed by atoms with Crippen molar-refractivity contribution in [1.29, 1.82) is 0 Å². The summed E-state index contributed by atoms with van der Waals surface area (Å²) < 4.78 is 0.915. The van der Waals surface area contributed by atoms with Crippen LogP contribution in [-0.2, 0) is 0 Å². The van der Waals surface area contributed by atoms with Crippen LogP contribution in [0.25, 0.3) is 0 Å². The molecule has 2 nitrogen and oxygen atoms in total. The van der Waals surface area contributed by atoms with E-state index in [9.17, 15) is 4.79 Å². The number of amides is 1. The van der Waals surface area contributed by atoms with E-state index < -0.39 is 0 Å². The van der Waals surface area contributed by atoms with Gasteiger partial charge in [-0.05, 0) is 31.0 Å². The van der Waals surface area contributed by atoms with Crippen LogP contribution in [0, 0.1) is 0 Å². The van der Waals surface area contributed by atoms with Crippen LogP contribution >= 0.6 is 27.5 Å². The van der Waals surface area contributed by atoms with Crippen LogP contribution in [0.15, 0.2) is 28.7 Å². The van der Waals surface area contributed by atoms with E-state index in [1.807, 2.05) is 24.3 Å². The molecule has 0 saturated heterocycles. The first-order chi connectivity index (χ1) is 8.65. The fourth-order valence-electron chi connectivity index (χ4n) is 2.46. The Kier molecular flexibility index (Phi) is 4.68. The Morgan fingerprint density at radius 3 is 2.67 bits per heavy atom. The number of hydrogen-bond acceptors (Lipinski definition) is 1. The zero-order valence-corrected chi connectivity index (χ0v) is 12.6. The van der Waals surface area contributed by atoms with Crippen molar-refractivity contribution in [2.24, 2.45) is 0 Å². The zero-order valence-electron chi connectivity index (χ0n) is 10.2. The smallest absolute Gasteiger partial charge is 0.251 e. The average molecular weight is 331 g/mol. The fraction of sp³-hybridized carbons (Fsp3) is 0.500. The van der Waals surface area contributed by atoms with Crippen LogP contribution in [0.4, 0.5) is 0 Å². The van der Waals surface area contributed by atoms with Crippen molar-refractivity contribution in [3.05, 3.63) is 34.3 Å². The lowest BCUT2D eigenvalue weighted by Crippen LogP contribution is -2.51. The first-order valence-electron chi connectivity index (χ1n) is 6.29. The molecule has 1 aromatic carbocycles. The van der Waals surface area contributed by atoms with Gasteiger partial charge >= 0.3 is 0 Å². The van der Waals surface area contributed by atoms with Crippen molar-refractivity contribution in [3.63, 3.8) is 0 Å². The monoisotopic (exact) mass is 329 g/mol. The fourth-order valence-corrected chi connectivity index (χ4v) is 3.20. The van der Waals surface area contributed by atoms with Gasteiger partial charge < -0.3 is 5.32 Å². The Hall–Kier alpha value is -0.540. The highest BCUT2D eigenvalue weighted by atomic mass is 79.9. The first-order valence-corrected chi connectivity index (χ1v) is 7.62. The summed E-state index contributed by atoms with van der Waals surface area (Å²) in [6.07, 6.45) is 5.49. The SMILES string of the molecule is O=C(NC1(CCl)CCCCC1)c1cccc(Br)c1. The minimum absolute atomic E-state index is 0.0288. The van der Waals surface area contributed by atoms with E-state index >= 15 is 0 Å². The van der Waals surface area contributed by atoms with Crippen molar-refractivity contribution in [3.8, 4) is 0 Å². The number of halogens is 2. The lowest BCUT2D eigenvalue weighted by molar-refractivity contribution is 0.0884. The summed E-state index contributed by atoms with van der Waals surface area (Å²) in [5, 5.41) is 3.13. The molecule has 0 heterocycles. The molecule has 0 spiro atoms. The molecule has 0 aromatic heterocycles. The summed E-state index contributed by atoms with van der Waals surface area (Å²) in [6.45, 7) is 0. The second-order valence-corrected chi connectivity index (χ2v) is 6.12. The third-order valence-electron chi connectivity index (χ3n) is 3.53. The van der Waals surface area contributed by atoms with E-state index in [0.29, 0.717) is 11.4 Å². The Labute approximate surface area is 121 Å². The van der Waals surface area contributed by atoms with Gasteiger partial charge in [0.25, 0.3) is 5.91 Å². The van der Waals surface area contributed by atoms with Crippen molar-refractivity contribution in [2.75, 3.05) is 5.88 Å². The Balaban J connectivity index is 2.10. The van der Waals surface area contributed by atoms with Gasteiger partial charge in [0, 0.05) is 15.9 Å². The molecule has 1 aliphatic carbocycles. The highest BCUT2D eigenvalue weighted by Crippen LogP contribution is 2.29. The Morgan fingerprint density at radius 1 is 1.33 bits per heavy atom. The average Bonchev–Trinajstić information content (AvgIpc) is 2.40. The van der Waals surface area contributed by atoms with E-state index in [2.05, 4.69) is 21.2 Å². The lowest BCUT2D eigenvalue weighted by Gasteiger charge is -2.36. The van der Waals surface area contributed by atoms with Gasteiger partial charge in [0.05, 0.1) is 5.54 Å². The second-order valence-electron chi connectivity index (χ2n) is 4.94. The first kappa shape index (κ1) is 13.9. The number of alkyl halides is 1. The summed E-state index contributed by atoms with van der Waals surface area (Å²) in [7, 11) is 0. The number of carbonyl (C=O) groups is 1. The van der Waals surface area contributed by atoms with E-state index in [0.717, 1.165) is 30.2 Å². The minimum atomic E-state index is -0.209. The molecule has 0 aliphatic heterocycles. The molecular formula is C14H17BrClNO. The van der Waals surface area contributed by atoms with Crippen molar-refractivity contribution in [2.45, 2.75) is 37.6 Å². The third-order valence-corrected chi connectivity index (χ3v) is 4.54. The number of nitrogens with one attached hydrogen (secondary N) is 1. The number of carbonyl (C=O) groups excluding carboxylic acids is 1. The van der Waals surface area contributed by atoms with Crippen LogP contribution in [0.1, 0.15) is 42.5 Å². The number of hydrogen-bond donors (Lipinski definition) is 1. The van der Waals surface area contributed by atoms with Gasteiger partial charge in [0.1, 0.15) is 0 Å². The normalized spacial score (nSPS) is 18.3. The summed E-state index contributed by atoms with van der Waals surface area (Å²) in [4.78, 5) is 12.2. The van der Waals surface area contributed by atoms with Gasteiger partial charge in [-0.3, -0.25) is 4.79 Å². The molecule has 1 N–H and O–H groups in total. The quantitative estimate of drug-likeness (QED) is 0.830. The maximum absolute atomic E-state index is 12.2. The van der Waals surface area contributed by atoms with Gasteiger partial charge in [0.2, 0.25) is 0 Å². The van der Waals surface area contributed by atoms with Crippen molar-refractivity contribution < 1.29 is 4.79 Å². The standard InChI is InChI=1S/C14H17BrClNO/c15-12-6-4-5-11(9-12)13(18)17-14(10-16)7-2-1-3-8-14/h4-6,9H,1-3,7-8,10H2,(H,17,18). The summed E-state index contributed by atoms with van der Waals surface area (Å²) in [5.41, 5.74) is 0.471.